The number of rotatable bonds is 2. The van der Waals surface area contributed by atoms with E-state index in [-0.39, 0.29) is 5.82 Å². The van der Waals surface area contributed by atoms with Gasteiger partial charge in [0.05, 0.1) is 18.4 Å². The monoisotopic (exact) mass is 293 g/mol. The maximum Gasteiger partial charge on any atom is 0.416 e. The van der Waals surface area contributed by atoms with Crippen LogP contribution in [0.5, 0.6) is 0 Å². The molecule has 3 aromatic rings. The quantitative estimate of drug-likeness (QED) is 0.788. The van der Waals surface area contributed by atoms with E-state index >= 15 is 0 Å². The molecule has 2 heterocycles. The van der Waals surface area contributed by atoms with E-state index in [0.717, 1.165) is 12.1 Å². The number of hydrogen-bond acceptors (Lipinski definition) is 4. The van der Waals surface area contributed by atoms with Gasteiger partial charge in [0.2, 0.25) is 0 Å². The topological polar surface area (TPSA) is 69.6 Å². The predicted octanol–water partition coefficient (Wildman–Crippen LogP) is 2.48. The van der Waals surface area contributed by atoms with Crippen LogP contribution in [0.4, 0.5) is 19.0 Å². The van der Waals surface area contributed by atoms with E-state index in [2.05, 4.69) is 15.0 Å². The molecule has 0 unspecified atom stereocenters. The number of aromatic nitrogens is 4. The minimum atomic E-state index is -4.33. The lowest BCUT2D eigenvalue weighted by atomic mass is 10.1. The molecule has 0 aliphatic heterocycles. The van der Waals surface area contributed by atoms with E-state index < -0.39 is 11.7 Å². The van der Waals surface area contributed by atoms with Gasteiger partial charge < -0.3 is 10.3 Å². The number of alkyl halides is 3. The summed E-state index contributed by atoms with van der Waals surface area (Å²) in [6.45, 7) is 0.352. The molecule has 2 aromatic heterocycles. The first-order valence-electron chi connectivity index (χ1n) is 6.02. The molecule has 1 aromatic carbocycles. The first-order valence-corrected chi connectivity index (χ1v) is 6.02. The molecule has 8 heteroatoms. The number of halogens is 3. The lowest BCUT2D eigenvalue weighted by Gasteiger charge is -2.08. The van der Waals surface area contributed by atoms with E-state index in [1.807, 2.05) is 0 Å². The van der Waals surface area contributed by atoms with Crippen LogP contribution in [0.25, 0.3) is 11.2 Å². The first-order chi connectivity index (χ1) is 9.95. The van der Waals surface area contributed by atoms with E-state index in [1.165, 1.54) is 24.8 Å². The fourth-order valence-electron chi connectivity index (χ4n) is 2.01. The van der Waals surface area contributed by atoms with Crippen molar-refractivity contribution in [3.05, 3.63) is 48.0 Å². The van der Waals surface area contributed by atoms with Gasteiger partial charge in [0.25, 0.3) is 0 Å². The molecule has 0 saturated carbocycles. The van der Waals surface area contributed by atoms with Gasteiger partial charge in [-0.05, 0) is 17.7 Å². The fourth-order valence-corrected chi connectivity index (χ4v) is 2.01. The Morgan fingerprint density at radius 2 is 1.76 bits per heavy atom. The zero-order valence-electron chi connectivity index (χ0n) is 10.7. The molecule has 0 aliphatic rings. The van der Waals surface area contributed by atoms with Gasteiger partial charge in [0.15, 0.2) is 11.5 Å². The second-order valence-corrected chi connectivity index (χ2v) is 4.50. The van der Waals surface area contributed by atoms with Crippen molar-refractivity contribution >= 4 is 17.0 Å². The average Bonchev–Trinajstić information content (AvgIpc) is 2.83. The minimum Gasteiger partial charge on any atom is -0.382 e. The highest BCUT2D eigenvalue weighted by Gasteiger charge is 2.29. The second-order valence-electron chi connectivity index (χ2n) is 4.50. The number of nitrogens with two attached hydrogens (primary N) is 1. The Balaban J connectivity index is 1.90. The van der Waals surface area contributed by atoms with Gasteiger partial charge in [0.1, 0.15) is 11.8 Å². The molecule has 0 amide bonds. The van der Waals surface area contributed by atoms with Gasteiger partial charge in [-0.3, -0.25) is 0 Å². The van der Waals surface area contributed by atoms with Gasteiger partial charge in [-0.1, -0.05) is 12.1 Å². The lowest BCUT2D eigenvalue weighted by molar-refractivity contribution is -0.137. The van der Waals surface area contributed by atoms with Crippen molar-refractivity contribution in [1.82, 2.24) is 19.5 Å². The van der Waals surface area contributed by atoms with Crippen LogP contribution in [-0.4, -0.2) is 19.5 Å². The number of benzene rings is 1. The summed E-state index contributed by atoms with van der Waals surface area (Å²) in [5.41, 5.74) is 6.73. The summed E-state index contributed by atoms with van der Waals surface area (Å²) >= 11 is 0. The van der Waals surface area contributed by atoms with Crippen molar-refractivity contribution in [2.75, 3.05) is 5.73 Å². The Morgan fingerprint density at radius 3 is 2.43 bits per heavy atom. The average molecular weight is 293 g/mol. The highest BCUT2D eigenvalue weighted by Crippen LogP contribution is 2.29. The number of anilines is 1. The molecule has 0 fully saturated rings. The summed E-state index contributed by atoms with van der Waals surface area (Å²) in [4.78, 5) is 12.0. The minimum absolute atomic E-state index is 0.270. The van der Waals surface area contributed by atoms with Crippen LogP contribution in [0.15, 0.2) is 36.9 Å². The second kappa shape index (κ2) is 4.72. The van der Waals surface area contributed by atoms with Gasteiger partial charge in [-0.25, -0.2) is 15.0 Å². The van der Waals surface area contributed by atoms with Gasteiger partial charge in [-0.2, -0.15) is 13.2 Å². The fraction of sp³-hybridized carbons (Fsp3) is 0.154. The third-order valence-electron chi connectivity index (χ3n) is 3.06. The van der Waals surface area contributed by atoms with Crippen LogP contribution in [0.3, 0.4) is 0 Å². The van der Waals surface area contributed by atoms with Gasteiger partial charge in [-0.15, -0.1) is 0 Å². The summed E-state index contributed by atoms with van der Waals surface area (Å²) in [6, 6.07) is 4.97. The Bertz CT molecular complexity index is 777. The first kappa shape index (κ1) is 13.3. The van der Waals surface area contributed by atoms with Crippen molar-refractivity contribution in [3.63, 3.8) is 0 Å². The Hall–Kier alpha value is -2.64. The smallest absolute Gasteiger partial charge is 0.382 e. The van der Waals surface area contributed by atoms with E-state index in [1.54, 1.807) is 4.57 Å². The Kier molecular flexibility index (Phi) is 3.00. The molecule has 0 radical (unpaired) electrons. The molecule has 21 heavy (non-hydrogen) atoms. The van der Waals surface area contributed by atoms with Crippen molar-refractivity contribution in [1.29, 1.82) is 0 Å². The van der Waals surface area contributed by atoms with Crippen LogP contribution in [0.2, 0.25) is 0 Å². The van der Waals surface area contributed by atoms with Crippen molar-refractivity contribution in [2.45, 2.75) is 12.7 Å². The van der Waals surface area contributed by atoms with Crippen molar-refractivity contribution < 1.29 is 13.2 Å². The zero-order valence-corrected chi connectivity index (χ0v) is 10.7. The standard InChI is InChI=1S/C13H10F3N5/c14-13(15,16)9-3-1-8(2-4-9)5-21-7-20-10-11(17)18-6-19-12(10)21/h1-4,6-7H,5H2,(H2,17,18,19). The van der Waals surface area contributed by atoms with Crippen LogP contribution >= 0.6 is 0 Å². The number of hydrogen-bond donors (Lipinski definition) is 1. The number of imidazole rings is 1. The van der Waals surface area contributed by atoms with E-state index in [4.69, 9.17) is 5.73 Å². The summed E-state index contributed by atoms with van der Waals surface area (Å²) in [7, 11) is 0. The molecule has 5 nitrogen and oxygen atoms in total. The van der Waals surface area contributed by atoms with Gasteiger partial charge in [0, 0.05) is 0 Å². The molecular weight excluding hydrogens is 283 g/mol. The molecule has 0 aliphatic carbocycles. The molecule has 0 spiro atoms. The summed E-state index contributed by atoms with van der Waals surface area (Å²) in [6.07, 6.45) is -1.47. The van der Waals surface area contributed by atoms with Crippen LogP contribution in [0.1, 0.15) is 11.1 Å². The van der Waals surface area contributed by atoms with E-state index in [0.29, 0.717) is 23.3 Å². The normalized spacial score (nSPS) is 12.0. The third-order valence-corrected chi connectivity index (χ3v) is 3.06. The molecule has 0 bridgehead atoms. The highest BCUT2D eigenvalue weighted by molar-refractivity contribution is 5.81. The molecule has 2 N–H and O–H groups in total. The SMILES string of the molecule is Nc1ncnc2c1ncn2Cc1ccc(C(F)(F)F)cc1. The van der Waals surface area contributed by atoms with Crippen LogP contribution in [0, 0.1) is 0 Å². The zero-order chi connectivity index (χ0) is 15.0. The Labute approximate surface area is 117 Å². The molecule has 0 atom stereocenters. The predicted molar refractivity (Wildman–Crippen MR) is 70.3 cm³/mol. The third kappa shape index (κ3) is 2.51. The molecular formula is C13H10F3N5. The molecule has 3 rings (SSSR count). The summed E-state index contributed by atoms with van der Waals surface area (Å²) in [5.74, 6) is 0.270. The van der Waals surface area contributed by atoms with Crippen molar-refractivity contribution in [3.8, 4) is 0 Å². The maximum atomic E-state index is 12.5. The summed E-state index contributed by atoms with van der Waals surface area (Å²) < 4.78 is 39.2. The van der Waals surface area contributed by atoms with E-state index in [9.17, 15) is 13.2 Å². The summed E-state index contributed by atoms with van der Waals surface area (Å²) in [5, 5.41) is 0. The number of fused-ring (bicyclic) bond motifs is 1. The molecule has 0 saturated heterocycles. The number of nitrogens with zero attached hydrogens (tertiary/aromatic N) is 4. The number of nitrogen functional groups attached to an aromatic ring is 1. The maximum absolute atomic E-state index is 12.5. The van der Waals surface area contributed by atoms with Crippen molar-refractivity contribution in [2.24, 2.45) is 0 Å². The highest BCUT2D eigenvalue weighted by atomic mass is 19.4. The Morgan fingerprint density at radius 1 is 1.05 bits per heavy atom. The van der Waals surface area contributed by atoms with Crippen LogP contribution in [-0.2, 0) is 12.7 Å². The van der Waals surface area contributed by atoms with Gasteiger partial charge >= 0.3 is 6.18 Å². The lowest BCUT2D eigenvalue weighted by Crippen LogP contribution is -2.05. The van der Waals surface area contributed by atoms with Crippen LogP contribution < -0.4 is 5.73 Å². The molecule has 108 valence electrons. The largest absolute Gasteiger partial charge is 0.416 e.